The van der Waals surface area contributed by atoms with Crippen molar-refractivity contribution >= 4 is 34.1 Å². The fourth-order valence-corrected chi connectivity index (χ4v) is 4.75. The molecule has 0 spiro atoms. The summed E-state index contributed by atoms with van der Waals surface area (Å²) in [7, 11) is 0. The summed E-state index contributed by atoms with van der Waals surface area (Å²) in [6.45, 7) is 3.25. The first kappa shape index (κ1) is 22.1. The summed E-state index contributed by atoms with van der Waals surface area (Å²) < 4.78 is 10.7. The minimum Gasteiger partial charge on any atom is -0.454 e. The van der Waals surface area contributed by atoms with Crippen LogP contribution in [0.5, 0.6) is 11.5 Å². The molecule has 1 fully saturated rings. The summed E-state index contributed by atoms with van der Waals surface area (Å²) in [6.07, 6.45) is 1.87. The number of anilines is 2. The number of piperidine rings is 1. The van der Waals surface area contributed by atoms with Gasteiger partial charge in [-0.3, -0.25) is 10.1 Å². The molecule has 2 aliphatic rings. The van der Waals surface area contributed by atoms with Gasteiger partial charge in [-0.2, -0.15) is 0 Å². The second-order valence-electron chi connectivity index (χ2n) is 8.41. The normalized spacial score (nSPS) is 15.3. The van der Waals surface area contributed by atoms with Crippen molar-refractivity contribution in [2.24, 2.45) is 5.92 Å². The Morgan fingerprint density at radius 3 is 2.59 bits per heavy atom. The van der Waals surface area contributed by atoms with E-state index in [-0.39, 0.29) is 24.6 Å². The molecule has 0 unspecified atom stereocenters. The van der Waals surface area contributed by atoms with Gasteiger partial charge in [0.1, 0.15) is 5.01 Å². The van der Waals surface area contributed by atoms with E-state index in [0.29, 0.717) is 54.7 Å². The van der Waals surface area contributed by atoms with Crippen molar-refractivity contribution in [3.63, 3.8) is 0 Å². The Kier molecular flexibility index (Phi) is 6.31. The molecule has 9 nitrogen and oxygen atoms in total. The average Bonchev–Trinajstić information content (AvgIpc) is 3.49. The van der Waals surface area contributed by atoms with Crippen LogP contribution in [-0.4, -0.2) is 46.9 Å². The number of rotatable bonds is 5. The zero-order chi connectivity index (χ0) is 23.5. The van der Waals surface area contributed by atoms with Crippen molar-refractivity contribution in [2.45, 2.75) is 26.2 Å². The minimum atomic E-state index is -0.215. The van der Waals surface area contributed by atoms with Crippen molar-refractivity contribution in [1.82, 2.24) is 15.1 Å². The third-order valence-electron chi connectivity index (χ3n) is 5.95. The van der Waals surface area contributed by atoms with Crippen LogP contribution < -0.4 is 20.1 Å². The van der Waals surface area contributed by atoms with E-state index in [4.69, 9.17) is 9.47 Å². The number of amides is 3. The quantitative estimate of drug-likeness (QED) is 0.572. The zero-order valence-electron chi connectivity index (χ0n) is 18.7. The summed E-state index contributed by atoms with van der Waals surface area (Å²) in [4.78, 5) is 27.1. The zero-order valence-corrected chi connectivity index (χ0v) is 19.6. The molecule has 0 atom stereocenters. The van der Waals surface area contributed by atoms with E-state index in [1.165, 1.54) is 16.9 Å². The van der Waals surface area contributed by atoms with Gasteiger partial charge in [0.05, 0.1) is 0 Å². The van der Waals surface area contributed by atoms with Gasteiger partial charge in [0.25, 0.3) is 0 Å². The second-order valence-corrected chi connectivity index (χ2v) is 9.47. The molecule has 1 saturated heterocycles. The number of aryl methyl sites for hydroxylation is 1. The number of hydrogen-bond acceptors (Lipinski definition) is 7. The van der Waals surface area contributed by atoms with E-state index >= 15 is 0 Å². The van der Waals surface area contributed by atoms with E-state index in [1.54, 1.807) is 23.1 Å². The van der Waals surface area contributed by atoms with E-state index in [2.05, 4.69) is 52.0 Å². The first-order valence-corrected chi connectivity index (χ1v) is 12.0. The number of carbonyl (C=O) groups is 2. The highest BCUT2D eigenvalue weighted by Crippen LogP contribution is 2.34. The number of hydrogen-bond donors (Lipinski definition) is 2. The number of fused-ring (bicyclic) bond motifs is 1. The monoisotopic (exact) mass is 479 g/mol. The average molecular weight is 480 g/mol. The van der Waals surface area contributed by atoms with Gasteiger partial charge in [0.2, 0.25) is 17.8 Å². The van der Waals surface area contributed by atoms with Gasteiger partial charge in [-0.1, -0.05) is 41.2 Å². The van der Waals surface area contributed by atoms with Gasteiger partial charge in [-0.15, -0.1) is 10.2 Å². The Balaban J connectivity index is 1.09. The molecule has 1 aromatic heterocycles. The van der Waals surface area contributed by atoms with Crippen LogP contribution in [0.3, 0.4) is 0 Å². The molecule has 0 radical (unpaired) electrons. The molecule has 5 rings (SSSR count). The molecule has 2 N–H and O–H groups in total. The smallest absolute Gasteiger partial charge is 0.323 e. The fraction of sp³-hybridized carbons (Fsp3) is 0.333. The number of nitrogens with one attached hydrogen (secondary N) is 2. The van der Waals surface area contributed by atoms with Gasteiger partial charge in [-0.05, 0) is 37.5 Å². The molecule has 3 heterocycles. The number of nitrogens with zero attached hydrogens (tertiary/aromatic N) is 3. The number of benzene rings is 2. The SMILES string of the molecule is Cc1ccc(Cc2nnc(NC(=O)N3CCC(C(=O)Nc4ccc5c(c4)OCO5)CC3)s2)cc1. The van der Waals surface area contributed by atoms with Crippen LogP contribution in [0.15, 0.2) is 42.5 Å². The van der Waals surface area contributed by atoms with Crippen molar-refractivity contribution in [3.8, 4) is 11.5 Å². The number of ether oxygens (including phenoxy) is 2. The first-order valence-electron chi connectivity index (χ1n) is 11.2. The fourth-order valence-electron chi connectivity index (χ4n) is 3.99. The topological polar surface area (TPSA) is 106 Å². The van der Waals surface area contributed by atoms with Crippen LogP contribution >= 0.6 is 11.3 Å². The van der Waals surface area contributed by atoms with E-state index in [1.807, 2.05) is 0 Å². The summed E-state index contributed by atoms with van der Waals surface area (Å²) in [5.41, 5.74) is 3.04. The lowest BCUT2D eigenvalue weighted by Crippen LogP contribution is -2.43. The molecule has 34 heavy (non-hydrogen) atoms. The lowest BCUT2D eigenvalue weighted by molar-refractivity contribution is -0.121. The molecular weight excluding hydrogens is 454 g/mol. The number of urea groups is 1. The highest BCUT2D eigenvalue weighted by molar-refractivity contribution is 7.15. The first-order chi connectivity index (χ1) is 16.5. The van der Waals surface area contributed by atoms with Crippen LogP contribution in [0, 0.1) is 12.8 Å². The van der Waals surface area contributed by atoms with Gasteiger partial charge in [0, 0.05) is 37.2 Å². The van der Waals surface area contributed by atoms with Crippen molar-refractivity contribution in [1.29, 1.82) is 0 Å². The Bertz CT molecular complexity index is 1190. The largest absolute Gasteiger partial charge is 0.454 e. The number of aromatic nitrogens is 2. The van der Waals surface area contributed by atoms with E-state index in [0.717, 1.165) is 10.6 Å². The molecule has 3 amide bonds. The third-order valence-corrected chi connectivity index (χ3v) is 6.79. The van der Waals surface area contributed by atoms with Gasteiger partial charge in [-0.25, -0.2) is 4.79 Å². The second kappa shape index (κ2) is 9.68. The molecule has 3 aromatic rings. The maximum Gasteiger partial charge on any atom is 0.323 e. The minimum absolute atomic E-state index is 0.0520. The summed E-state index contributed by atoms with van der Waals surface area (Å²) in [6, 6.07) is 13.4. The molecule has 0 aliphatic carbocycles. The van der Waals surface area contributed by atoms with E-state index in [9.17, 15) is 9.59 Å². The van der Waals surface area contributed by atoms with E-state index < -0.39 is 0 Å². The maximum atomic E-state index is 12.7. The van der Waals surface area contributed by atoms with Crippen molar-refractivity contribution in [3.05, 3.63) is 58.6 Å². The van der Waals surface area contributed by atoms with Gasteiger partial charge in [0.15, 0.2) is 11.5 Å². The molecule has 10 heteroatoms. The summed E-state index contributed by atoms with van der Waals surface area (Å²) in [5, 5.41) is 15.4. The molecule has 2 aliphatic heterocycles. The third kappa shape index (κ3) is 5.12. The van der Waals surface area contributed by atoms with Crippen LogP contribution in [0.2, 0.25) is 0 Å². The predicted molar refractivity (Wildman–Crippen MR) is 128 cm³/mol. The summed E-state index contributed by atoms with van der Waals surface area (Å²) in [5.74, 6) is 1.10. The molecular formula is C24H25N5O4S. The highest BCUT2D eigenvalue weighted by Gasteiger charge is 2.28. The van der Waals surface area contributed by atoms with Crippen molar-refractivity contribution < 1.29 is 19.1 Å². The number of carbonyl (C=O) groups excluding carboxylic acids is 2. The highest BCUT2D eigenvalue weighted by atomic mass is 32.1. The maximum absolute atomic E-state index is 12.7. The lowest BCUT2D eigenvalue weighted by atomic mass is 9.96. The Morgan fingerprint density at radius 1 is 1.03 bits per heavy atom. The van der Waals surface area contributed by atoms with Gasteiger partial charge >= 0.3 is 6.03 Å². The Hall–Kier alpha value is -3.66. The summed E-state index contributed by atoms with van der Waals surface area (Å²) >= 11 is 1.38. The molecule has 0 bridgehead atoms. The van der Waals surface area contributed by atoms with Gasteiger partial charge < -0.3 is 19.7 Å². The van der Waals surface area contributed by atoms with Crippen LogP contribution in [0.1, 0.15) is 29.0 Å². The lowest BCUT2D eigenvalue weighted by Gasteiger charge is -2.31. The Labute approximate surface area is 201 Å². The number of likely N-dealkylation sites (tertiary alicyclic amines) is 1. The van der Waals surface area contributed by atoms with Crippen LogP contribution in [0.4, 0.5) is 15.6 Å². The Morgan fingerprint density at radius 2 is 1.79 bits per heavy atom. The van der Waals surface area contributed by atoms with Crippen LogP contribution in [-0.2, 0) is 11.2 Å². The molecule has 0 saturated carbocycles. The predicted octanol–water partition coefficient (Wildman–Crippen LogP) is 4.05. The molecule has 2 aromatic carbocycles. The standard InChI is InChI=1S/C24H25N5O4S/c1-15-2-4-16(5-3-15)12-21-27-28-23(34-21)26-24(31)29-10-8-17(9-11-29)22(30)25-18-6-7-19-20(13-18)33-14-32-19/h2-7,13,17H,8-12,14H2,1H3,(H,25,30)(H,26,28,31). The van der Waals surface area contributed by atoms with Crippen molar-refractivity contribution in [2.75, 3.05) is 30.5 Å². The molecule has 176 valence electrons. The van der Waals surface area contributed by atoms with Crippen LogP contribution in [0.25, 0.3) is 0 Å².